The number of hydrogen-bond acceptors (Lipinski definition) is 2. The van der Waals surface area contributed by atoms with Gasteiger partial charge in [0.25, 0.3) is 0 Å². The van der Waals surface area contributed by atoms with Crippen molar-refractivity contribution in [2.75, 3.05) is 11.5 Å². The molecule has 2 N–H and O–H groups in total. The van der Waals surface area contributed by atoms with Crippen LogP contribution in [0.25, 0.3) is 0 Å². The highest BCUT2D eigenvalue weighted by molar-refractivity contribution is 7.85. The van der Waals surface area contributed by atoms with Crippen LogP contribution in [0.1, 0.15) is 25.8 Å². The van der Waals surface area contributed by atoms with Gasteiger partial charge in [0, 0.05) is 16.3 Å². The lowest BCUT2D eigenvalue weighted by atomic mass is 10.2. The molecule has 0 bridgehead atoms. The number of hydrogen-bond donors (Lipinski definition) is 1. The molecule has 0 aliphatic rings. The molecule has 0 aromatic heterocycles. The maximum Gasteiger partial charge on any atom is 0.0535 e. The van der Waals surface area contributed by atoms with Gasteiger partial charge in [0.1, 0.15) is 0 Å². The molecular formula is C12H19NOS. The monoisotopic (exact) mass is 225 g/mol. The van der Waals surface area contributed by atoms with E-state index in [1.807, 2.05) is 25.1 Å². The number of nitrogens with two attached hydrogens (primary N) is 1. The number of anilines is 1. The molecule has 0 saturated heterocycles. The van der Waals surface area contributed by atoms with Crippen molar-refractivity contribution in [3.05, 3.63) is 23.8 Å². The Morgan fingerprint density at radius 3 is 2.73 bits per heavy atom. The molecule has 0 spiro atoms. The lowest BCUT2D eigenvalue weighted by Gasteiger charge is -2.11. The van der Waals surface area contributed by atoms with Gasteiger partial charge in [-0.2, -0.15) is 0 Å². The Morgan fingerprint density at radius 1 is 1.47 bits per heavy atom. The summed E-state index contributed by atoms with van der Waals surface area (Å²) in [6.07, 6.45) is 1.06. The van der Waals surface area contributed by atoms with E-state index in [2.05, 4.69) is 13.8 Å². The van der Waals surface area contributed by atoms with E-state index in [0.29, 0.717) is 5.92 Å². The lowest BCUT2D eigenvalue weighted by molar-refractivity contribution is 0.615. The Labute approximate surface area is 94.3 Å². The Hall–Kier alpha value is -0.830. The number of rotatable bonds is 4. The summed E-state index contributed by atoms with van der Waals surface area (Å²) in [4.78, 5) is 0.885. The first-order valence-electron chi connectivity index (χ1n) is 5.29. The van der Waals surface area contributed by atoms with E-state index in [1.54, 1.807) is 0 Å². The van der Waals surface area contributed by atoms with Crippen molar-refractivity contribution in [3.63, 3.8) is 0 Å². The SMILES string of the molecule is CCC(C)CS(=O)c1cccc(N)c1C. The van der Waals surface area contributed by atoms with E-state index in [-0.39, 0.29) is 0 Å². The van der Waals surface area contributed by atoms with Crippen LogP contribution in [0.4, 0.5) is 5.69 Å². The van der Waals surface area contributed by atoms with E-state index in [9.17, 15) is 4.21 Å². The van der Waals surface area contributed by atoms with Crippen molar-refractivity contribution in [2.24, 2.45) is 5.92 Å². The Bertz CT molecular complexity index is 363. The van der Waals surface area contributed by atoms with Gasteiger partial charge < -0.3 is 5.73 Å². The first-order valence-corrected chi connectivity index (χ1v) is 6.61. The molecule has 84 valence electrons. The van der Waals surface area contributed by atoms with E-state index >= 15 is 0 Å². The minimum absolute atomic E-state index is 0.492. The molecule has 0 aliphatic carbocycles. The second kappa shape index (κ2) is 5.31. The summed E-state index contributed by atoms with van der Waals surface area (Å²) >= 11 is 0. The zero-order valence-corrected chi connectivity index (χ0v) is 10.4. The molecule has 15 heavy (non-hydrogen) atoms. The maximum absolute atomic E-state index is 12.0. The summed E-state index contributed by atoms with van der Waals surface area (Å²) < 4.78 is 12.0. The molecule has 3 heteroatoms. The van der Waals surface area contributed by atoms with Crippen molar-refractivity contribution >= 4 is 16.5 Å². The molecule has 0 amide bonds. The third kappa shape index (κ3) is 3.06. The molecule has 0 heterocycles. The summed E-state index contributed by atoms with van der Waals surface area (Å²) in [7, 11) is -0.915. The molecule has 1 aromatic carbocycles. The summed E-state index contributed by atoms with van der Waals surface area (Å²) in [5.41, 5.74) is 7.47. The average Bonchev–Trinajstić information content (AvgIpc) is 2.21. The summed E-state index contributed by atoms with van der Waals surface area (Å²) in [5.74, 6) is 1.22. The topological polar surface area (TPSA) is 43.1 Å². The second-order valence-electron chi connectivity index (χ2n) is 4.00. The van der Waals surface area contributed by atoms with E-state index < -0.39 is 10.8 Å². The van der Waals surface area contributed by atoms with E-state index in [0.717, 1.165) is 28.3 Å². The number of benzene rings is 1. The molecule has 2 atom stereocenters. The van der Waals surface area contributed by atoms with Crippen molar-refractivity contribution in [3.8, 4) is 0 Å². The van der Waals surface area contributed by atoms with Crippen LogP contribution in [0.2, 0.25) is 0 Å². The van der Waals surface area contributed by atoms with Crippen LogP contribution in [0.5, 0.6) is 0 Å². The van der Waals surface area contributed by atoms with Crippen LogP contribution >= 0.6 is 0 Å². The highest BCUT2D eigenvalue weighted by Crippen LogP contribution is 2.20. The molecule has 2 nitrogen and oxygen atoms in total. The predicted octanol–water partition coefficient (Wildman–Crippen LogP) is 2.73. The van der Waals surface area contributed by atoms with Gasteiger partial charge in [-0.15, -0.1) is 0 Å². The van der Waals surface area contributed by atoms with Crippen molar-refractivity contribution in [1.82, 2.24) is 0 Å². The van der Waals surface area contributed by atoms with Gasteiger partial charge in [0.15, 0.2) is 0 Å². The fraction of sp³-hybridized carbons (Fsp3) is 0.500. The van der Waals surface area contributed by atoms with Crippen molar-refractivity contribution < 1.29 is 4.21 Å². The Kier molecular flexibility index (Phi) is 4.33. The third-order valence-electron chi connectivity index (χ3n) is 2.70. The molecule has 1 aromatic rings. The Balaban J connectivity index is 2.87. The summed E-state index contributed by atoms with van der Waals surface area (Å²) in [6.45, 7) is 6.17. The molecule has 0 fully saturated rings. The quantitative estimate of drug-likeness (QED) is 0.801. The van der Waals surface area contributed by atoms with E-state index in [4.69, 9.17) is 5.73 Å². The van der Waals surface area contributed by atoms with Crippen molar-refractivity contribution in [2.45, 2.75) is 32.1 Å². The number of nitrogen functional groups attached to an aromatic ring is 1. The largest absolute Gasteiger partial charge is 0.398 e. The van der Waals surface area contributed by atoms with Gasteiger partial charge in [-0.25, -0.2) is 0 Å². The van der Waals surface area contributed by atoms with Gasteiger partial charge in [-0.1, -0.05) is 26.3 Å². The highest BCUT2D eigenvalue weighted by Gasteiger charge is 2.11. The highest BCUT2D eigenvalue weighted by atomic mass is 32.2. The van der Waals surface area contributed by atoms with Gasteiger partial charge in [0.05, 0.1) is 10.8 Å². The van der Waals surface area contributed by atoms with Crippen molar-refractivity contribution in [1.29, 1.82) is 0 Å². The molecule has 0 radical (unpaired) electrons. The van der Waals surface area contributed by atoms with Crippen LogP contribution in [0, 0.1) is 12.8 Å². The summed E-state index contributed by atoms with van der Waals surface area (Å²) in [6, 6.07) is 5.62. The smallest absolute Gasteiger partial charge is 0.0535 e. The lowest BCUT2D eigenvalue weighted by Crippen LogP contribution is -2.08. The second-order valence-corrected chi connectivity index (χ2v) is 5.46. The molecular weight excluding hydrogens is 206 g/mol. The normalized spacial score (nSPS) is 14.9. The predicted molar refractivity (Wildman–Crippen MR) is 66.3 cm³/mol. The van der Waals surface area contributed by atoms with Gasteiger partial charge in [0.2, 0.25) is 0 Å². The fourth-order valence-corrected chi connectivity index (χ4v) is 2.97. The molecule has 0 aliphatic heterocycles. The van der Waals surface area contributed by atoms with E-state index in [1.165, 1.54) is 0 Å². The minimum atomic E-state index is -0.915. The van der Waals surface area contributed by atoms with Crippen LogP contribution in [0.15, 0.2) is 23.1 Å². The van der Waals surface area contributed by atoms with Crippen LogP contribution in [-0.4, -0.2) is 9.96 Å². The van der Waals surface area contributed by atoms with Gasteiger partial charge >= 0.3 is 0 Å². The first kappa shape index (κ1) is 12.2. The van der Waals surface area contributed by atoms with Gasteiger partial charge in [-0.3, -0.25) is 4.21 Å². The van der Waals surface area contributed by atoms with Crippen LogP contribution < -0.4 is 5.73 Å². The minimum Gasteiger partial charge on any atom is -0.398 e. The average molecular weight is 225 g/mol. The van der Waals surface area contributed by atoms with Gasteiger partial charge in [-0.05, 0) is 30.5 Å². The molecule has 2 unspecified atom stereocenters. The standard InChI is InChI=1S/C12H19NOS/c1-4-9(2)8-15(14)12-7-5-6-11(13)10(12)3/h5-7,9H,4,8,13H2,1-3H3. The first-order chi connectivity index (χ1) is 7.06. The zero-order valence-electron chi connectivity index (χ0n) is 9.62. The maximum atomic E-state index is 12.0. The molecule has 1 rings (SSSR count). The van der Waals surface area contributed by atoms with Crippen LogP contribution in [0.3, 0.4) is 0 Å². The summed E-state index contributed by atoms with van der Waals surface area (Å²) in [5, 5.41) is 0. The molecule has 0 saturated carbocycles. The fourth-order valence-electron chi connectivity index (χ4n) is 1.34. The Morgan fingerprint density at radius 2 is 2.13 bits per heavy atom. The van der Waals surface area contributed by atoms with Crippen LogP contribution in [-0.2, 0) is 10.8 Å². The third-order valence-corrected chi connectivity index (χ3v) is 4.51. The zero-order chi connectivity index (χ0) is 11.4.